The van der Waals surface area contributed by atoms with Gasteiger partial charge < -0.3 is 0 Å². The normalized spacial score (nSPS) is 22.1. The molecule has 0 N–H and O–H groups in total. The fourth-order valence-electron chi connectivity index (χ4n) is 1.05. The highest BCUT2D eigenvalue weighted by atomic mass is 127. The van der Waals surface area contributed by atoms with Gasteiger partial charge in [-0.15, -0.1) is 12.4 Å². The van der Waals surface area contributed by atoms with Gasteiger partial charge in [0.25, 0.3) is 0 Å². The highest BCUT2D eigenvalue weighted by molar-refractivity contribution is 14.1. The molecule has 0 bridgehead atoms. The molecule has 50 valence electrons. The standard InChI is InChI=1S/C6H11I.ClH/c7-6-4-2-1-3-5-6;/h6H,1-5H2;1H. The Morgan fingerprint density at radius 3 is 1.75 bits per heavy atom. The highest BCUT2D eigenvalue weighted by Gasteiger charge is 2.07. The molecule has 0 amide bonds. The van der Waals surface area contributed by atoms with Crippen LogP contribution in [-0.2, 0) is 0 Å². The quantitative estimate of drug-likeness (QED) is 0.455. The molecule has 0 aliphatic heterocycles. The highest BCUT2D eigenvalue weighted by Crippen LogP contribution is 2.23. The third kappa shape index (κ3) is 3.13. The lowest BCUT2D eigenvalue weighted by Gasteiger charge is -2.13. The van der Waals surface area contributed by atoms with Gasteiger partial charge in [-0.25, -0.2) is 0 Å². The van der Waals surface area contributed by atoms with Crippen molar-refractivity contribution in [2.24, 2.45) is 0 Å². The van der Waals surface area contributed by atoms with Crippen LogP contribution in [0.15, 0.2) is 0 Å². The molecule has 1 fully saturated rings. The van der Waals surface area contributed by atoms with Gasteiger partial charge >= 0.3 is 0 Å². The maximum atomic E-state index is 2.56. The fourth-order valence-corrected chi connectivity index (χ4v) is 1.93. The summed E-state index contributed by atoms with van der Waals surface area (Å²) in [6, 6.07) is 0. The maximum absolute atomic E-state index is 2.56. The third-order valence-corrected chi connectivity index (χ3v) is 2.78. The van der Waals surface area contributed by atoms with Crippen molar-refractivity contribution in [3.05, 3.63) is 0 Å². The zero-order chi connectivity index (χ0) is 5.11. The summed E-state index contributed by atoms with van der Waals surface area (Å²) in [5, 5.41) is 0. The van der Waals surface area contributed by atoms with Gasteiger partial charge in [-0.3, -0.25) is 0 Å². The Bertz CT molecular complexity index is 50.5. The lowest BCUT2D eigenvalue weighted by atomic mass is 10.0. The van der Waals surface area contributed by atoms with Crippen LogP contribution in [0.2, 0.25) is 0 Å². The van der Waals surface area contributed by atoms with Crippen LogP contribution in [0.3, 0.4) is 0 Å². The van der Waals surface area contributed by atoms with E-state index in [0.29, 0.717) is 0 Å². The van der Waals surface area contributed by atoms with Gasteiger partial charge in [0.05, 0.1) is 0 Å². The van der Waals surface area contributed by atoms with E-state index in [2.05, 4.69) is 22.6 Å². The summed E-state index contributed by atoms with van der Waals surface area (Å²) in [6.07, 6.45) is 7.39. The summed E-state index contributed by atoms with van der Waals surface area (Å²) in [6.45, 7) is 0. The summed E-state index contributed by atoms with van der Waals surface area (Å²) in [5.74, 6) is 0. The summed E-state index contributed by atoms with van der Waals surface area (Å²) in [7, 11) is 0. The van der Waals surface area contributed by atoms with Gasteiger partial charge in [-0.05, 0) is 12.8 Å². The van der Waals surface area contributed by atoms with Crippen LogP contribution in [0, 0.1) is 0 Å². The summed E-state index contributed by atoms with van der Waals surface area (Å²) in [5.41, 5.74) is 0. The topological polar surface area (TPSA) is 0 Å². The molecule has 2 heteroatoms. The van der Waals surface area contributed by atoms with Crippen LogP contribution in [-0.4, -0.2) is 3.92 Å². The van der Waals surface area contributed by atoms with Crippen molar-refractivity contribution in [3.8, 4) is 0 Å². The first-order valence-electron chi connectivity index (χ1n) is 3.03. The number of halogens is 2. The fraction of sp³-hybridized carbons (Fsp3) is 1.00. The predicted octanol–water partition coefficient (Wildman–Crippen LogP) is 3.18. The molecule has 0 heterocycles. The van der Waals surface area contributed by atoms with E-state index in [1.54, 1.807) is 0 Å². The first-order chi connectivity index (χ1) is 3.39. The van der Waals surface area contributed by atoms with E-state index in [-0.39, 0.29) is 12.4 Å². The van der Waals surface area contributed by atoms with Crippen LogP contribution >= 0.6 is 35.0 Å². The Balaban J connectivity index is 0.000000490. The SMILES string of the molecule is Cl.IC1CCCCC1. The average molecular weight is 247 g/mol. The Morgan fingerprint density at radius 1 is 1.00 bits per heavy atom. The average Bonchev–Trinajstić information content (AvgIpc) is 1.69. The van der Waals surface area contributed by atoms with Gasteiger partial charge in [0.2, 0.25) is 0 Å². The molecule has 0 nitrogen and oxygen atoms in total. The Labute approximate surface area is 71.0 Å². The van der Waals surface area contributed by atoms with E-state index >= 15 is 0 Å². The summed E-state index contributed by atoms with van der Waals surface area (Å²) < 4.78 is 1.01. The molecule has 0 unspecified atom stereocenters. The summed E-state index contributed by atoms with van der Waals surface area (Å²) in [4.78, 5) is 0. The van der Waals surface area contributed by atoms with Crippen molar-refractivity contribution in [3.63, 3.8) is 0 Å². The van der Waals surface area contributed by atoms with Crippen LogP contribution in [0.4, 0.5) is 0 Å². The van der Waals surface area contributed by atoms with Gasteiger partial charge in [0.1, 0.15) is 0 Å². The van der Waals surface area contributed by atoms with E-state index in [9.17, 15) is 0 Å². The van der Waals surface area contributed by atoms with Gasteiger partial charge in [-0.2, -0.15) is 0 Å². The van der Waals surface area contributed by atoms with E-state index in [4.69, 9.17) is 0 Å². The molecular weight excluding hydrogens is 234 g/mol. The number of rotatable bonds is 0. The molecule has 8 heavy (non-hydrogen) atoms. The maximum Gasteiger partial charge on any atom is 0.0110 e. The molecule has 0 spiro atoms. The lowest BCUT2D eigenvalue weighted by molar-refractivity contribution is 0.528. The van der Waals surface area contributed by atoms with Crippen molar-refractivity contribution >= 4 is 35.0 Å². The number of hydrogen-bond donors (Lipinski definition) is 0. The van der Waals surface area contributed by atoms with Crippen LogP contribution in [0.25, 0.3) is 0 Å². The van der Waals surface area contributed by atoms with E-state index < -0.39 is 0 Å². The van der Waals surface area contributed by atoms with Gasteiger partial charge in [-0.1, -0.05) is 41.9 Å². The van der Waals surface area contributed by atoms with Crippen LogP contribution in [0.1, 0.15) is 32.1 Å². The molecule has 0 aromatic rings. The molecule has 1 rings (SSSR count). The van der Waals surface area contributed by atoms with Crippen molar-refractivity contribution in [1.82, 2.24) is 0 Å². The van der Waals surface area contributed by atoms with E-state index in [1.807, 2.05) is 0 Å². The molecule has 0 atom stereocenters. The molecule has 0 radical (unpaired) electrons. The van der Waals surface area contributed by atoms with E-state index in [1.165, 1.54) is 32.1 Å². The molecule has 1 aliphatic carbocycles. The zero-order valence-corrected chi connectivity index (χ0v) is 7.87. The zero-order valence-electron chi connectivity index (χ0n) is 4.90. The Kier molecular flexibility index (Phi) is 5.48. The van der Waals surface area contributed by atoms with Crippen molar-refractivity contribution in [2.45, 2.75) is 36.0 Å². The minimum absolute atomic E-state index is 0. The van der Waals surface area contributed by atoms with Crippen molar-refractivity contribution in [1.29, 1.82) is 0 Å². The second kappa shape index (κ2) is 4.86. The molecule has 1 saturated carbocycles. The third-order valence-electron chi connectivity index (χ3n) is 1.53. The minimum Gasteiger partial charge on any atom is -0.147 e. The number of hydrogen-bond acceptors (Lipinski definition) is 0. The number of alkyl halides is 1. The first-order valence-corrected chi connectivity index (χ1v) is 4.28. The summed E-state index contributed by atoms with van der Waals surface area (Å²) >= 11 is 2.56. The molecule has 1 aliphatic rings. The van der Waals surface area contributed by atoms with Crippen LogP contribution in [0.5, 0.6) is 0 Å². The Morgan fingerprint density at radius 2 is 1.50 bits per heavy atom. The van der Waals surface area contributed by atoms with Crippen molar-refractivity contribution < 1.29 is 0 Å². The molecule has 0 aromatic carbocycles. The predicted molar refractivity (Wildman–Crippen MR) is 48.1 cm³/mol. The van der Waals surface area contributed by atoms with E-state index in [0.717, 1.165) is 3.92 Å². The molecule has 0 aromatic heterocycles. The largest absolute Gasteiger partial charge is 0.147 e. The van der Waals surface area contributed by atoms with Gasteiger partial charge in [0, 0.05) is 3.92 Å². The van der Waals surface area contributed by atoms with Crippen molar-refractivity contribution in [2.75, 3.05) is 0 Å². The lowest BCUT2D eigenvalue weighted by Crippen LogP contribution is -2.02. The second-order valence-corrected chi connectivity index (χ2v) is 4.00. The second-order valence-electron chi connectivity index (χ2n) is 2.24. The molecular formula is C6H12ClI. The monoisotopic (exact) mass is 246 g/mol. The minimum atomic E-state index is 0. The Hall–Kier alpha value is 1.02. The van der Waals surface area contributed by atoms with Gasteiger partial charge in [0.15, 0.2) is 0 Å². The molecule has 0 saturated heterocycles. The first kappa shape index (κ1) is 9.02. The van der Waals surface area contributed by atoms with Crippen LogP contribution < -0.4 is 0 Å². The smallest absolute Gasteiger partial charge is 0.0110 e.